The number of hydrogen-bond donors (Lipinski definition) is 1. The molecule has 130 valence electrons. The van der Waals surface area contributed by atoms with E-state index in [0.29, 0.717) is 21.3 Å². The molecule has 0 fully saturated rings. The van der Waals surface area contributed by atoms with Crippen molar-refractivity contribution in [1.29, 1.82) is 0 Å². The molecule has 7 heteroatoms. The lowest BCUT2D eigenvalue weighted by Gasteiger charge is -2.15. The summed E-state index contributed by atoms with van der Waals surface area (Å²) in [5.74, 6) is -1.07. The van der Waals surface area contributed by atoms with Gasteiger partial charge in [-0.15, -0.1) is 0 Å². The lowest BCUT2D eigenvalue weighted by Crippen LogP contribution is -2.33. The van der Waals surface area contributed by atoms with Crippen molar-refractivity contribution in [3.8, 4) is 0 Å². The second kappa shape index (κ2) is 8.65. The monoisotopic (exact) mass is 380 g/mol. The second-order valence-corrected chi connectivity index (χ2v) is 6.07. The third-order valence-electron chi connectivity index (χ3n) is 3.25. The first-order chi connectivity index (χ1) is 11.8. The van der Waals surface area contributed by atoms with Crippen molar-refractivity contribution in [2.24, 2.45) is 0 Å². The van der Waals surface area contributed by atoms with Gasteiger partial charge in [0.25, 0.3) is 0 Å². The van der Waals surface area contributed by atoms with Crippen LogP contribution in [0.5, 0.6) is 0 Å². The van der Waals surface area contributed by atoms with Crippen LogP contribution in [0.4, 0.5) is 10.1 Å². The highest BCUT2D eigenvalue weighted by molar-refractivity contribution is 6.42. The van der Waals surface area contributed by atoms with Crippen molar-refractivity contribution >= 4 is 46.8 Å². The third-order valence-corrected chi connectivity index (χ3v) is 3.99. The van der Waals surface area contributed by atoms with Crippen LogP contribution in [0.25, 0.3) is 6.08 Å². The Balaban J connectivity index is 1.90. The maximum absolute atomic E-state index is 12.8. The fourth-order valence-corrected chi connectivity index (χ4v) is 2.23. The predicted octanol–water partition coefficient (Wildman–Crippen LogP) is 4.24. The van der Waals surface area contributed by atoms with Crippen LogP contribution in [0.1, 0.15) is 5.56 Å². The van der Waals surface area contributed by atoms with Gasteiger partial charge in [-0.1, -0.05) is 35.3 Å². The Kier molecular flexibility index (Phi) is 6.56. The molecule has 4 nitrogen and oxygen atoms in total. The summed E-state index contributed by atoms with van der Waals surface area (Å²) >= 11 is 11.7. The van der Waals surface area contributed by atoms with Crippen LogP contribution in [0.3, 0.4) is 0 Å². The molecule has 0 unspecified atom stereocenters. The minimum Gasteiger partial charge on any atom is -0.333 e. The first-order valence-electron chi connectivity index (χ1n) is 7.29. The van der Waals surface area contributed by atoms with Crippen LogP contribution in [0, 0.1) is 5.82 Å². The summed E-state index contributed by atoms with van der Waals surface area (Å²) in [4.78, 5) is 25.3. The summed E-state index contributed by atoms with van der Waals surface area (Å²) in [5, 5.41) is 3.35. The van der Waals surface area contributed by atoms with Crippen LogP contribution >= 0.6 is 23.2 Å². The molecule has 1 N–H and O–H groups in total. The van der Waals surface area contributed by atoms with E-state index in [4.69, 9.17) is 23.2 Å². The van der Waals surface area contributed by atoms with Gasteiger partial charge >= 0.3 is 0 Å². The molecule has 0 atom stereocenters. The highest BCUT2D eigenvalue weighted by atomic mass is 35.5. The summed E-state index contributed by atoms with van der Waals surface area (Å²) in [6.07, 6.45) is 2.87. The van der Waals surface area contributed by atoms with E-state index in [9.17, 15) is 14.0 Å². The van der Waals surface area contributed by atoms with Gasteiger partial charge in [-0.2, -0.15) is 0 Å². The Bertz CT molecular complexity index is 807. The van der Waals surface area contributed by atoms with Crippen LogP contribution in [-0.4, -0.2) is 30.3 Å². The van der Waals surface area contributed by atoms with Crippen molar-refractivity contribution in [3.63, 3.8) is 0 Å². The first kappa shape index (κ1) is 19.0. The van der Waals surface area contributed by atoms with Crippen molar-refractivity contribution in [2.45, 2.75) is 0 Å². The lowest BCUT2D eigenvalue weighted by atomic mass is 10.2. The maximum atomic E-state index is 12.8. The zero-order chi connectivity index (χ0) is 18.4. The Morgan fingerprint density at radius 3 is 2.44 bits per heavy atom. The third kappa shape index (κ3) is 5.89. The normalized spacial score (nSPS) is 10.7. The van der Waals surface area contributed by atoms with Gasteiger partial charge in [0.05, 0.1) is 16.6 Å². The van der Waals surface area contributed by atoms with Gasteiger partial charge in [0.15, 0.2) is 0 Å². The SMILES string of the molecule is CN(CC(=O)Nc1ccc(Cl)c(Cl)c1)C(=O)/C=C/c1ccc(F)cc1. The number of amides is 2. The Morgan fingerprint density at radius 2 is 1.80 bits per heavy atom. The molecule has 0 saturated heterocycles. The first-order valence-corrected chi connectivity index (χ1v) is 8.04. The van der Waals surface area contributed by atoms with E-state index < -0.39 is 0 Å². The number of anilines is 1. The maximum Gasteiger partial charge on any atom is 0.246 e. The van der Waals surface area contributed by atoms with Crippen LogP contribution < -0.4 is 5.32 Å². The molecule has 2 aromatic carbocycles. The molecule has 0 bridgehead atoms. The fraction of sp³-hybridized carbons (Fsp3) is 0.111. The van der Waals surface area contributed by atoms with E-state index in [1.54, 1.807) is 30.3 Å². The molecule has 0 saturated carbocycles. The highest BCUT2D eigenvalue weighted by Gasteiger charge is 2.11. The smallest absolute Gasteiger partial charge is 0.246 e. The molecule has 0 radical (unpaired) electrons. The molecule has 25 heavy (non-hydrogen) atoms. The van der Waals surface area contributed by atoms with Crippen LogP contribution in [-0.2, 0) is 9.59 Å². The van der Waals surface area contributed by atoms with Gasteiger partial charge in [-0.3, -0.25) is 9.59 Å². The lowest BCUT2D eigenvalue weighted by molar-refractivity contribution is -0.129. The summed E-state index contributed by atoms with van der Waals surface area (Å²) in [6, 6.07) is 10.4. The topological polar surface area (TPSA) is 49.4 Å². The number of nitrogens with one attached hydrogen (secondary N) is 1. The van der Waals surface area contributed by atoms with Crippen molar-refractivity contribution in [2.75, 3.05) is 18.9 Å². The van der Waals surface area contributed by atoms with E-state index in [1.165, 1.54) is 36.2 Å². The number of benzene rings is 2. The molecular weight excluding hydrogens is 366 g/mol. The Labute approximate surface area is 154 Å². The zero-order valence-electron chi connectivity index (χ0n) is 13.3. The molecule has 0 aliphatic rings. The standard InChI is InChI=1S/C18H15Cl2FN2O2/c1-23(18(25)9-4-12-2-5-13(21)6-3-12)11-17(24)22-14-7-8-15(19)16(20)10-14/h2-10H,11H2,1H3,(H,22,24)/b9-4+. The van der Waals surface area contributed by atoms with E-state index >= 15 is 0 Å². The molecule has 0 aliphatic heterocycles. The van der Waals surface area contributed by atoms with E-state index in [1.807, 2.05) is 0 Å². The van der Waals surface area contributed by atoms with Gasteiger partial charge in [-0.25, -0.2) is 4.39 Å². The van der Waals surface area contributed by atoms with Crippen molar-refractivity contribution in [3.05, 3.63) is 70.0 Å². The minimum atomic E-state index is -0.371. The van der Waals surface area contributed by atoms with E-state index in [2.05, 4.69) is 5.32 Å². The average molecular weight is 381 g/mol. The summed E-state index contributed by atoms with van der Waals surface area (Å²) in [7, 11) is 1.51. The number of carbonyl (C=O) groups is 2. The van der Waals surface area contributed by atoms with Gasteiger partial charge < -0.3 is 10.2 Å². The molecule has 0 aromatic heterocycles. The number of rotatable bonds is 5. The molecule has 2 aromatic rings. The van der Waals surface area contributed by atoms with Crippen molar-refractivity contribution in [1.82, 2.24) is 4.90 Å². The second-order valence-electron chi connectivity index (χ2n) is 5.26. The van der Waals surface area contributed by atoms with Gasteiger partial charge in [0, 0.05) is 18.8 Å². The minimum absolute atomic E-state index is 0.132. The molecule has 0 spiro atoms. The quantitative estimate of drug-likeness (QED) is 0.788. The van der Waals surface area contributed by atoms with E-state index in [-0.39, 0.29) is 24.2 Å². The number of nitrogens with zero attached hydrogens (tertiary/aromatic N) is 1. The van der Waals surface area contributed by atoms with Crippen LogP contribution in [0.15, 0.2) is 48.5 Å². The average Bonchev–Trinajstić information content (AvgIpc) is 2.57. The number of halogens is 3. The van der Waals surface area contributed by atoms with Gasteiger partial charge in [0.2, 0.25) is 11.8 Å². The molecule has 2 rings (SSSR count). The number of carbonyl (C=O) groups excluding carboxylic acids is 2. The fourth-order valence-electron chi connectivity index (χ4n) is 1.94. The molecule has 0 heterocycles. The predicted molar refractivity (Wildman–Crippen MR) is 98.2 cm³/mol. The summed E-state index contributed by atoms with van der Waals surface area (Å²) < 4.78 is 12.8. The summed E-state index contributed by atoms with van der Waals surface area (Å²) in [5.41, 5.74) is 1.17. The molecular formula is C18H15Cl2FN2O2. The zero-order valence-corrected chi connectivity index (χ0v) is 14.8. The number of hydrogen-bond acceptors (Lipinski definition) is 2. The Morgan fingerprint density at radius 1 is 1.12 bits per heavy atom. The van der Waals surface area contributed by atoms with E-state index in [0.717, 1.165) is 0 Å². The van der Waals surface area contributed by atoms with Gasteiger partial charge in [0.1, 0.15) is 5.82 Å². The van der Waals surface area contributed by atoms with Gasteiger partial charge in [-0.05, 0) is 42.0 Å². The summed E-state index contributed by atoms with van der Waals surface area (Å²) in [6.45, 7) is -0.132. The largest absolute Gasteiger partial charge is 0.333 e. The highest BCUT2D eigenvalue weighted by Crippen LogP contribution is 2.24. The van der Waals surface area contributed by atoms with Crippen LogP contribution in [0.2, 0.25) is 10.0 Å². The molecule has 2 amide bonds. The van der Waals surface area contributed by atoms with Crippen molar-refractivity contribution < 1.29 is 14.0 Å². The number of likely N-dealkylation sites (N-methyl/N-ethyl adjacent to an activating group) is 1. The Hall–Kier alpha value is -2.37. The molecule has 0 aliphatic carbocycles.